The fraction of sp³-hybridized carbons (Fsp3) is 0.286. The predicted molar refractivity (Wildman–Crippen MR) is 46.7 cm³/mol. The molecule has 0 atom stereocenters. The number of hydrogen-bond donors (Lipinski definition) is 1. The summed E-state index contributed by atoms with van der Waals surface area (Å²) in [6.45, 7) is 1.93. The zero-order valence-electron chi connectivity index (χ0n) is 5.63. The lowest BCUT2D eigenvalue weighted by Gasteiger charge is -2.01. The molecule has 1 nitrogen and oxygen atoms in total. The van der Waals surface area contributed by atoms with Crippen molar-refractivity contribution in [2.75, 3.05) is 0 Å². The highest BCUT2D eigenvalue weighted by Crippen LogP contribution is 2.18. The Morgan fingerprint density at radius 2 is 2.40 bits per heavy atom. The molecule has 0 aliphatic carbocycles. The van der Waals surface area contributed by atoms with E-state index in [1.165, 1.54) is 0 Å². The Morgan fingerprint density at radius 3 is 2.80 bits per heavy atom. The molecule has 3 heteroatoms. The van der Waals surface area contributed by atoms with Gasteiger partial charge in [-0.1, -0.05) is 11.6 Å². The molecule has 1 aromatic heterocycles. The Labute approximate surface area is 70.8 Å². The maximum absolute atomic E-state index is 5.84. The van der Waals surface area contributed by atoms with Crippen LogP contribution in [0.3, 0.4) is 0 Å². The van der Waals surface area contributed by atoms with Gasteiger partial charge in [-0.2, -0.15) is 12.6 Å². The molecule has 10 heavy (non-hydrogen) atoms. The highest BCUT2D eigenvalue weighted by Gasteiger charge is 2.00. The van der Waals surface area contributed by atoms with E-state index in [2.05, 4.69) is 17.6 Å². The molecular formula is C7H8ClNS. The monoisotopic (exact) mass is 173 g/mol. The Morgan fingerprint density at radius 1 is 1.70 bits per heavy atom. The highest BCUT2D eigenvalue weighted by molar-refractivity contribution is 7.79. The minimum absolute atomic E-state index is 0.651. The normalized spacial score (nSPS) is 9.90. The van der Waals surface area contributed by atoms with E-state index in [-0.39, 0.29) is 0 Å². The molecule has 0 fully saturated rings. The number of aromatic nitrogens is 1. The number of hydrogen-bond acceptors (Lipinski definition) is 2. The molecule has 0 bridgehead atoms. The quantitative estimate of drug-likeness (QED) is 0.644. The van der Waals surface area contributed by atoms with Crippen LogP contribution >= 0.6 is 24.2 Å². The zero-order valence-corrected chi connectivity index (χ0v) is 7.28. The molecule has 0 aromatic carbocycles. The Balaban J connectivity index is 3.17. The first-order chi connectivity index (χ1) is 4.75. The average Bonchev–Trinajstić information content (AvgIpc) is 1.88. The van der Waals surface area contributed by atoms with Crippen molar-refractivity contribution in [1.29, 1.82) is 0 Å². The second-order valence-electron chi connectivity index (χ2n) is 2.01. The van der Waals surface area contributed by atoms with E-state index >= 15 is 0 Å². The van der Waals surface area contributed by atoms with Gasteiger partial charge in [-0.3, -0.25) is 4.98 Å². The summed E-state index contributed by atoms with van der Waals surface area (Å²) in [6, 6.07) is 1.78. The van der Waals surface area contributed by atoms with Crippen molar-refractivity contribution >= 4 is 24.2 Å². The first kappa shape index (κ1) is 7.89. The highest BCUT2D eigenvalue weighted by atomic mass is 35.5. The second kappa shape index (κ2) is 3.26. The smallest absolute Gasteiger partial charge is 0.0479 e. The van der Waals surface area contributed by atoms with Crippen LogP contribution in [0.2, 0.25) is 5.02 Å². The van der Waals surface area contributed by atoms with Crippen molar-refractivity contribution in [2.24, 2.45) is 0 Å². The number of pyridine rings is 1. The van der Waals surface area contributed by atoms with Gasteiger partial charge in [0.1, 0.15) is 0 Å². The van der Waals surface area contributed by atoms with E-state index in [4.69, 9.17) is 11.6 Å². The summed E-state index contributed by atoms with van der Waals surface area (Å²) in [7, 11) is 0. The van der Waals surface area contributed by atoms with Crippen molar-refractivity contribution < 1.29 is 0 Å². The maximum Gasteiger partial charge on any atom is 0.0479 e. The topological polar surface area (TPSA) is 12.9 Å². The molecule has 1 heterocycles. The van der Waals surface area contributed by atoms with E-state index < -0.39 is 0 Å². The fourth-order valence-electron chi connectivity index (χ4n) is 0.756. The predicted octanol–water partition coefficient (Wildman–Crippen LogP) is 2.47. The number of thiol groups is 1. The lowest BCUT2D eigenvalue weighted by atomic mass is 10.2. The second-order valence-corrected chi connectivity index (χ2v) is 2.74. The van der Waals surface area contributed by atoms with Crippen LogP contribution in [0.4, 0.5) is 0 Å². The molecule has 0 spiro atoms. The summed E-state index contributed by atoms with van der Waals surface area (Å²) in [5.41, 5.74) is 1.98. The van der Waals surface area contributed by atoms with Crippen molar-refractivity contribution in [3.8, 4) is 0 Å². The fourth-order valence-corrected chi connectivity index (χ4v) is 1.51. The SMILES string of the molecule is Cc1nccc(Cl)c1CS. The van der Waals surface area contributed by atoms with Crippen molar-refractivity contribution in [2.45, 2.75) is 12.7 Å². The van der Waals surface area contributed by atoms with Crippen LogP contribution in [0, 0.1) is 6.92 Å². The minimum Gasteiger partial charge on any atom is -0.261 e. The van der Waals surface area contributed by atoms with Crippen LogP contribution in [0.25, 0.3) is 0 Å². The molecule has 0 amide bonds. The molecule has 0 aliphatic rings. The molecule has 1 aromatic rings. The number of rotatable bonds is 1. The average molecular weight is 174 g/mol. The van der Waals surface area contributed by atoms with Crippen LogP contribution in [-0.2, 0) is 5.75 Å². The first-order valence-corrected chi connectivity index (χ1v) is 3.97. The largest absolute Gasteiger partial charge is 0.261 e. The summed E-state index contributed by atoms with van der Waals surface area (Å²) >= 11 is 9.97. The van der Waals surface area contributed by atoms with E-state index in [1.54, 1.807) is 12.3 Å². The Bertz CT molecular complexity index is 217. The summed E-state index contributed by atoms with van der Waals surface area (Å²) < 4.78 is 0. The number of nitrogens with zero attached hydrogens (tertiary/aromatic N) is 1. The molecule has 0 unspecified atom stereocenters. The Hall–Kier alpha value is -0.210. The van der Waals surface area contributed by atoms with Gasteiger partial charge in [0.25, 0.3) is 0 Å². The number of halogens is 1. The standard InChI is InChI=1S/C7H8ClNS/c1-5-6(4-10)7(8)2-3-9-5/h2-3,10H,4H2,1H3. The van der Waals surface area contributed by atoms with Gasteiger partial charge in [0.15, 0.2) is 0 Å². The summed E-state index contributed by atoms with van der Waals surface area (Å²) in [5.74, 6) is 0.651. The molecule has 0 aliphatic heterocycles. The summed E-state index contributed by atoms with van der Waals surface area (Å²) in [4.78, 5) is 4.08. The molecular weight excluding hydrogens is 166 g/mol. The van der Waals surface area contributed by atoms with Crippen LogP contribution in [0.5, 0.6) is 0 Å². The molecule has 0 saturated heterocycles. The van der Waals surface area contributed by atoms with Gasteiger partial charge in [-0.05, 0) is 13.0 Å². The van der Waals surface area contributed by atoms with Crippen molar-refractivity contribution in [3.63, 3.8) is 0 Å². The molecule has 1 rings (SSSR count). The van der Waals surface area contributed by atoms with Crippen LogP contribution in [-0.4, -0.2) is 4.98 Å². The van der Waals surface area contributed by atoms with E-state index in [0.29, 0.717) is 5.75 Å². The zero-order chi connectivity index (χ0) is 7.56. The van der Waals surface area contributed by atoms with Crippen molar-refractivity contribution in [3.05, 3.63) is 28.5 Å². The molecule has 0 N–H and O–H groups in total. The van der Waals surface area contributed by atoms with Crippen LogP contribution in [0.15, 0.2) is 12.3 Å². The third-order valence-electron chi connectivity index (χ3n) is 1.37. The minimum atomic E-state index is 0.651. The van der Waals surface area contributed by atoms with Crippen molar-refractivity contribution in [1.82, 2.24) is 4.98 Å². The van der Waals surface area contributed by atoms with Gasteiger partial charge in [0, 0.05) is 28.2 Å². The third-order valence-corrected chi connectivity index (χ3v) is 2.04. The van der Waals surface area contributed by atoms with E-state index in [1.807, 2.05) is 6.92 Å². The number of aryl methyl sites for hydroxylation is 1. The van der Waals surface area contributed by atoms with E-state index in [9.17, 15) is 0 Å². The first-order valence-electron chi connectivity index (χ1n) is 2.96. The van der Waals surface area contributed by atoms with Gasteiger partial charge in [0.2, 0.25) is 0 Å². The van der Waals surface area contributed by atoms with Gasteiger partial charge in [-0.25, -0.2) is 0 Å². The van der Waals surface area contributed by atoms with Gasteiger partial charge in [0.05, 0.1) is 0 Å². The summed E-state index contributed by atoms with van der Waals surface area (Å²) in [5, 5.41) is 0.752. The maximum atomic E-state index is 5.84. The lowest BCUT2D eigenvalue weighted by Crippen LogP contribution is -1.89. The van der Waals surface area contributed by atoms with Crippen LogP contribution < -0.4 is 0 Å². The molecule has 0 saturated carbocycles. The third kappa shape index (κ3) is 1.44. The van der Waals surface area contributed by atoms with Crippen LogP contribution in [0.1, 0.15) is 11.3 Å². The molecule has 0 radical (unpaired) electrons. The summed E-state index contributed by atoms with van der Waals surface area (Å²) in [6.07, 6.45) is 1.70. The van der Waals surface area contributed by atoms with E-state index in [0.717, 1.165) is 16.3 Å². The molecule has 54 valence electrons. The lowest BCUT2D eigenvalue weighted by molar-refractivity contribution is 1.14. The Kier molecular flexibility index (Phi) is 2.57. The van der Waals surface area contributed by atoms with Gasteiger partial charge < -0.3 is 0 Å². The van der Waals surface area contributed by atoms with Gasteiger partial charge in [-0.15, -0.1) is 0 Å². The van der Waals surface area contributed by atoms with Gasteiger partial charge >= 0.3 is 0 Å².